The molecule has 0 aromatic carbocycles. The van der Waals surface area contributed by atoms with Crippen molar-refractivity contribution in [3.8, 4) is 0 Å². The predicted octanol–water partition coefficient (Wildman–Crippen LogP) is 0.933. The summed E-state index contributed by atoms with van der Waals surface area (Å²) in [7, 11) is 0. The molecule has 5 atom stereocenters. The number of hydrogen-bond acceptors (Lipinski definition) is 3. The maximum Gasteiger partial charge on any atom is 0.217 e. The second kappa shape index (κ2) is 5.64. The van der Waals surface area contributed by atoms with Crippen molar-refractivity contribution in [3.05, 3.63) is 0 Å². The predicted molar refractivity (Wildman–Crippen MR) is 62.0 cm³/mol. The molecule has 16 heavy (non-hydrogen) atoms. The van der Waals surface area contributed by atoms with Gasteiger partial charge in [-0.3, -0.25) is 4.79 Å². The van der Waals surface area contributed by atoms with E-state index in [9.17, 15) is 9.90 Å². The van der Waals surface area contributed by atoms with E-state index >= 15 is 0 Å². The third-order valence-corrected chi connectivity index (χ3v) is 3.44. The minimum absolute atomic E-state index is 0.0256. The maximum absolute atomic E-state index is 11.1. The van der Waals surface area contributed by atoms with Crippen LogP contribution < -0.4 is 5.32 Å². The summed E-state index contributed by atoms with van der Waals surface area (Å²) in [5, 5.41) is 12.2. The number of aliphatic hydroxyl groups excluding tert-OH is 1. The number of amides is 1. The van der Waals surface area contributed by atoms with Crippen molar-refractivity contribution in [2.75, 3.05) is 6.61 Å². The molecule has 0 spiro atoms. The molecule has 2 N–H and O–H groups in total. The number of nitrogens with one attached hydrogen (secondary N) is 1. The molecular weight excluding hydrogens is 206 g/mol. The van der Waals surface area contributed by atoms with Gasteiger partial charge in [0.15, 0.2) is 0 Å². The van der Waals surface area contributed by atoms with Crippen LogP contribution in [0.25, 0.3) is 0 Å². The van der Waals surface area contributed by atoms with Gasteiger partial charge in [0.25, 0.3) is 0 Å². The van der Waals surface area contributed by atoms with E-state index in [2.05, 4.69) is 19.2 Å². The average Bonchev–Trinajstić information content (AvgIpc) is 2.29. The average molecular weight is 229 g/mol. The quantitative estimate of drug-likeness (QED) is 0.740. The zero-order valence-corrected chi connectivity index (χ0v) is 10.6. The molecule has 1 saturated heterocycles. The van der Waals surface area contributed by atoms with Crippen LogP contribution in [0.4, 0.5) is 0 Å². The van der Waals surface area contributed by atoms with Crippen LogP contribution in [0.1, 0.15) is 34.1 Å². The van der Waals surface area contributed by atoms with Crippen molar-refractivity contribution in [3.63, 3.8) is 0 Å². The molecule has 1 aliphatic heterocycles. The summed E-state index contributed by atoms with van der Waals surface area (Å²) in [5.41, 5.74) is 0. The number of ether oxygens (including phenoxy) is 1. The molecule has 4 nitrogen and oxygen atoms in total. The van der Waals surface area contributed by atoms with Gasteiger partial charge in [0.1, 0.15) is 0 Å². The second-order valence-corrected chi connectivity index (χ2v) is 4.98. The van der Waals surface area contributed by atoms with Gasteiger partial charge in [0.05, 0.1) is 24.9 Å². The minimum Gasteiger partial charge on any atom is -0.394 e. The largest absolute Gasteiger partial charge is 0.394 e. The Balaban J connectivity index is 2.74. The lowest BCUT2D eigenvalue weighted by molar-refractivity contribution is -0.122. The second-order valence-electron chi connectivity index (χ2n) is 4.98. The number of carbonyl (C=O) groups is 1. The van der Waals surface area contributed by atoms with Gasteiger partial charge in [-0.15, -0.1) is 0 Å². The Morgan fingerprint density at radius 2 is 2.00 bits per heavy atom. The van der Waals surface area contributed by atoms with Crippen molar-refractivity contribution in [2.24, 2.45) is 11.8 Å². The Bertz CT molecular complexity index is 244. The van der Waals surface area contributed by atoms with E-state index in [4.69, 9.17) is 4.74 Å². The van der Waals surface area contributed by atoms with Crippen LogP contribution in [-0.2, 0) is 9.53 Å². The molecule has 1 heterocycles. The summed E-state index contributed by atoms with van der Waals surface area (Å²) in [6.07, 6.45) is 0.790. The minimum atomic E-state index is -0.115. The lowest BCUT2D eigenvalue weighted by atomic mass is 9.88. The highest BCUT2D eigenvalue weighted by atomic mass is 16.5. The van der Waals surface area contributed by atoms with E-state index in [-0.39, 0.29) is 30.8 Å². The first-order valence-electron chi connectivity index (χ1n) is 5.99. The van der Waals surface area contributed by atoms with Crippen molar-refractivity contribution < 1.29 is 14.6 Å². The molecule has 0 saturated carbocycles. The summed E-state index contributed by atoms with van der Waals surface area (Å²) < 4.78 is 5.79. The lowest BCUT2D eigenvalue weighted by Crippen LogP contribution is -2.46. The highest BCUT2D eigenvalue weighted by Crippen LogP contribution is 2.28. The van der Waals surface area contributed by atoms with E-state index < -0.39 is 0 Å². The molecule has 1 aliphatic rings. The van der Waals surface area contributed by atoms with E-state index in [1.807, 2.05) is 6.92 Å². The Morgan fingerprint density at radius 1 is 1.38 bits per heavy atom. The Labute approximate surface area is 97.4 Å². The fourth-order valence-corrected chi connectivity index (χ4v) is 2.56. The highest BCUT2D eigenvalue weighted by Gasteiger charge is 2.34. The Hall–Kier alpha value is -0.610. The summed E-state index contributed by atoms with van der Waals surface area (Å²) in [4.78, 5) is 11.1. The van der Waals surface area contributed by atoms with E-state index in [1.165, 1.54) is 6.92 Å². The van der Waals surface area contributed by atoms with Crippen LogP contribution in [0.15, 0.2) is 0 Å². The third-order valence-electron chi connectivity index (χ3n) is 3.44. The first kappa shape index (κ1) is 13.5. The lowest BCUT2D eigenvalue weighted by Gasteiger charge is -2.27. The SMILES string of the molecule is CC(=O)N[C@@H]1C(C)C[C@@H](C)[C@@H](CO)O[C@H]1C. The molecule has 1 amide bonds. The van der Waals surface area contributed by atoms with Crippen LogP contribution in [0, 0.1) is 11.8 Å². The van der Waals surface area contributed by atoms with Crippen molar-refractivity contribution >= 4 is 5.91 Å². The van der Waals surface area contributed by atoms with Crippen molar-refractivity contribution in [1.82, 2.24) is 5.32 Å². The molecular formula is C12H23NO3. The van der Waals surface area contributed by atoms with Gasteiger partial charge in [0, 0.05) is 6.92 Å². The van der Waals surface area contributed by atoms with Gasteiger partial charge < -0.3 is 15.2 Å². The molecule has 0 aromatic heterocycles. The molecule has 0 radical (unpaired) electrons. The highest BCUT2D eigenvalue weighted by molar-refractivity contribution is 5.73. The number of carbonyl (C=O) groups excluding carboxylic acids is 1. The van der Waals surface area contributed by atoms with Gasteiger partial charge in [-0.25, -0.2) is 0 Å². The Morgan fingerprint density at radius 3 is 2.50 bits per heavy atom. The third kappa shape index (κ3) is 3.19. The smallest absolute Gasteiger partial charge is 0.217 e. The fraction of sp³-hybridized carbons (Fsp3) is 0.917. The standard InChI is InChI=1S/C12H23NO3/c1-7-5-8(2)12(13-10(4)15)9(3)16-11(7)6-14/h7-9,11-12,14H,5-6H2,1-4H3,(H,13,15)/t7-,8?,9+,11-,12-/m1/s1. The van der Waals surface area contributed by atoms with Gasteiger partial charge >= 0.3 is 0 Å². The summed E-state index contributed by atoms with van der Waals surface area (Å²) in [5.74, 6) is 0.661. The Kier molecular flexibility index (Phi) is 4.74. The van der Waals surface area contributed by atoms with E-state index in [0.717, 1.165) is 6.42 Å². The molecule has 1 rings (SSSR count). The fourth-order valence-electron chi connectivity index (χ4n) is 2.56. The van der Waals surface area contributed by atoms with Crippen molar-refractivity contribution in [2.45, 2.75) is 52.4 Å². The summed E-state index contributed by atoms with van der Waals surface area (Å²) in [6.45, 7) is 7.73. The molecule has 0 aliphatic carbocycles. The zero-order valence-electron chi connectivity index (χ0n) is 10.6. The van der Waals surface area contributed by atoms with Gasteiger partial charge in [-0.2, -0.15) is 0 Å². The van der Waals surface area contributed by atoms with E-state index in [1.54, 1.807) is 0 Å². The van der Waals surface area contributed by atoms with Crippen LogP contribution in [0.2, 0.25) is 0 Å². The maximum atomic E-state index is 11.1. The van der Waals surface area contributed by atoms with Gasteiger partial charge in [0.2, 0.25) is 5.91 Å². The summed E-state index contributed by atoms with van der Waals surface area (Å²) >= 11 is 0. The topological polar surface area (TPSA) is 58.6 Å². The van der Waals surface area contributed by atoms with Crippen LogP contribution in [0.5, 0.6) is 0 Å². The normalized spacial score (nSPS) is 40.2. The van der Waals surface area contributed by atoms with Crippen LogP contribution in [-0.4, -0.2) is 35.9 Å². The zero-order chi connectivity index (χ0) is 12.3. The summed E-state index contributed by atoms with van der Waals surface area (Å²) in [6, 6.07) is 0.0384. The van der Waals surface area contributed by atoms with E-state index in [0.29, 0.717) is 11.8 Å². The van der Waals surface area contributed by atoms with Gasteiger partial charge in [-0.05, 0) is 25.2 Å². The van der Waals surface area contributed by atoms with Gasteiger partial charge in [-0.1, -0.05) is 13.8 Å². The van der Waals surface area contributed by atoms with Crippen molar-refractivity contribution in [1.29, 1.82) is 0 Å². The monoisotopic (exact) mass is 229 g/mol. The molecule has 0 aromatic rings. The first-order chi connectivity index (χ1) is 7.45. The molecule has 4 heteroatoms. The number of rotatable bonds is 2. The first-order valence-corrected chi connectivity index (χ1v) is 5.99. The van der Waals surface area contributed by atoms with Crippen LogP contribution >= 0.6 is 0 Å². The number of hydrogen-bond donors (Lipinski definition) is 2. The number of aliphatic hydroxyl groups is 1. The molecule has 1 unspecified atom stereocenters. The molecule has 1 fully saturated rings. The molecule has 0 bridgehead atoms. The van der Waals surface area contributed by atoms with Crippen LogP contribution in [0.3, 0.4) is 0 Å². The molecule has 94 valence electrons.